The largest absolute Gasteiger partial charge is 0.355 e. The van der Waals surface area contributed by atoms with Gasteiger partial charge in [0, 0.05) is 19.1 Å². The summed E-state index contributed by atoms with van der Waals surface area (Å²) in [4.78, 5) is 6.41. The minimum atomic E-state index is 0.228. The van der Waals surface area contributed by atoms with Gasteiger partial charge in [-0.3, -0.25) is 0 Å². The zero-order chi connectivity index (χ0) is 10.7. The molecule has 1 aromatic rings. The maximum absolute atomic E-state index is 8.76. The van der Waals surface area contributed by atoms with Crippen LogP contribution in [0.1, 0.15) is 18.5 Å². The number of rotatable bonds is 1. The molecular weight excluding hydrogens is 188 g/mol. The third kappa shape index (κ3) is 2.25. The second-order valence-corrected chi connectivity index (χ2v) is 3.84. The first-order chi connectivity index (χ1) is 7.29. The summed E-state index contributed by atoms with van der Waals surface area (Å²) in [7, 11) is 0. The summed E-state index contributed by atoms with van der Waals surface area (Å²) in [5.74, 6) is 0.865. The van der Waals surface area contributed by atoms with Crippen molar-refractivity contribution in [2.24, 2.45) is 5.73 Å². The molecule has 1 aliphatic heterocycles. The predicted molar refractivity (Wildman–Crippen MR) is 58.4 cm³/mol. The Hall–Kier alpha value is -1.60. The van der Waals surface area contributed by atoms with E-state index in [1.165, 1.54) is 0 Å². The Balaban J connectivity index is 2.18. The lowest BCUT2D eigenvalue weighted by molar-refractivity contribution is 0.503. The predicted octanol–water partition coefficient (Wildman–Crippen LogP) is 0.881. The SMILES string of the molecule is N#Cc1cccc(N2CCC[C@@H](N)C2)n1. The van der Waals surface area contributed by atoms with Gasteiger partial charge in [-0.2, -0.15) is 5.26 Å². The zero-order valence-electron chi connectivity index (χ0n) is 8.56. The van der Waals surface area contributed by atoms with Crippen molar-refractivity contribution in [3.8, 4) is 6.07 Å². The number of pyridine rings is 1. The first-order valence-electron chi connectivity index (χ1n) is 5.17. The van der Waals surface area contributed by atoms with Crippen molar-refractivity contribution in [1.29, 1.82) is 5.26 Å². The molecule has 0 radical (unpaired) electrons. The van der Waals surface area contributed by atoms with Crippen LogP contribution in [0, 0.1) is 11.3 Å². The van der Waals surface area contributed by atoms with Gasteiger partial charge in [0.2, 0.25) is 0 Å². The smallest absolute Gasteiger partial charge is 0.142 e. The number of aromatic nitrogens is 1. The summed E-state index contributed by atoms with van der Waals surface area (Å²) in [5.41, 5.74) is 6.36. The summed E-state index contributed by atoms with van der Waals surface area (Å²) >= 11 is 0. The van der Waals surface area contributed by atoms with Gasteiger partial charge in [-0.25, -0.2) is 4.98 Å². The molecule has 1 atom stereocenters. The average molecular weight is 202 g/mol. The maximum atomic E-state index is 8.76. The van der Waals surface area contributed by atoms with Crippen LogP contribution in [0.2, 0.25) is 0 Å². The highest BCUT2D eigenvalue weighted by Crippen LogP contribution is 2.16. The van der Waals surface area contributed by atoms with E-state index in [-0.39, 0.29) is 6.04 Å². The third-order valence-corrected chi connectivity index (χ3v) is 2.63. The van der Waals surface area contributed by atoms with Crippen LogP contribution in [0.4, 0.5) is 5.82 Å². The first-order valence-corrected chi connectivity index (χ1v) is 5.17. The van der Waals surface area contributed by atoms with Crippen LogP contribution in [0.15, 0.2) is 18.2 Å². The van der Waals surface area contributed by atoms with Crippen molar-refractivity contribution >= 4 is 5.82 Å². The molecule has 0 amide bonds. The van der Waals surface area contributed by atoms with Crippen LogP contribution in [-0.4, -0.2) is 24.1 Å². The lowest BCUT2D eigenvalue weighted by Gasteiger charge is -2.31. The molecule has 1 aromatic heterocycles. The van der Waals surface area contributed by atoms with E-state index in [0.717, 1.165) is 31.7 Å². The van der Waals surface area contributed by atoms with Crippen LogP contribution in [0.25, 0.3) is 0 Å². The van der Waals surface area contributed by atoms with E-state index in [1.807, 2.05) is 18.2 Å². The fourth-order valence-corrected chi connectivity index (χ4v) is 1.88. The summed E-state index contributed by atoms with van der Waals surface area (Å²) in [6.45, 7) is 1.82. The van der Waals surface area contributed by atoms with Gasteiger partial charge < -0.3 is 10.6 Å². The van der Waals surface area contributed by atoms with Crippen molar-refractivity contribution in [3.63, 3.8) is 0 Å². The van der Waals surface area contributed by atoms with Crippen molar-refractivity contribution < 1.29 is 0 Å². The standard InChI is InChI=1S/C11H14N4/c12-7-10-4-1-5-11(14-10)15-6-2-3-9(13)8-15/h1,4-5,9H,2-3,6,8,13H2/t9-/m1/s1. The van der Waals surface area contributed by atoms with Crippen LogP contribution in [0.5, 0.6) is 0 Å². The lowest BCUT2D eigenvalue weighted by atomic mass is 10.1. The molecule has 0 spiro atoms. The van der Waals surface area contributed by atoms with Crippen LogP contribution in [-0.2, 0) is 0 Å². The molecule has 0 aromatic carbocycles. The molecule has 0 aliphatic carbocycles. The van der Waals surface area contributed by atoms with Gasteiger partial charge >= 0.3 is 0 Å². The van der Waals surface area contributed by atoms with Gasteiger partial charge in [0.25, 0.3) is 0 Å². The van der Waals surface area contributed by atoms with Gasteiger partial charge in [-0.1, -0.05) is 6.07 Å². The molecule has 0 saturated carbocycles. The van der Waals surface area contributed by atoms with E-state index < -0.39 is 0 Å². The number of nitrogens with zero attached hydrogens (tertiary/aromatic N) is 3. The second-order valence-electron chi connectivity index (χ2n) is 3.84. The van der Waals surface area contributed by atoms with Crippen molar-refractivity contribution in [2.75, 3.05) is 18.0 Å². The van der Waals surface area contributed by atoms with Crippen LogP contribution >= 0.6 is 0 Å². The Morgan fingerprint density at radius 1 is 1.53 bits per heavy atom. The Morgan fingerprint density at radius 2 is 2.40 bits per heavy atom. The highest BCUT2D eigenvalue weighted by molar-refractivity contribution is 5.42. The number of nitriles is 1. The number of hydrogen-bond acceptors (Lipinski definition) is 4. The molecule has 78 valence electrons. The topological polar surface area (TPSA) is 65.9 Å². The van der Waals surface area contributed by atoms with E-state index in [9.17, 15) is 0 Å². The van der Waals surface area contributed by atoms with Gasteiger partial charge in [0.1, 0.15) is 17.6 Å². The minimum absolute atomic E-state index is 0.228. The Morgan fingerprint density at radius 3 is 3.13 bits per heavy atom. The molecule has 0 bridgehead atoms. The van der Waals surface area contributed by atoms with Crippen LogP contribution in [0.3, 0.4) is 0 Å². The van der Waals surface area contributed by atoms with Gasteiger partial charge in [-0.15, -0.1) is 0 Å². The van der Waals surface area contributed by atoms with E-state index in [4.69, 9.17) is 11.0 Å². The number of piperidine rings is 1. The lowest BCUT2D eigenvalue weighted by Crippen LogP contribution is -2.43. The molecule has 15 heavy (non-hydrogen) atoms. The molecular formula is C11H14N4. The average Bonchev–Trinajstić information content (AvgIpc) is 2.29. The molecule has 2 rings (SSSR count). The monoisotopic (exact) mass is 202 g/mol. The third-order valence-electron chi connectivity index (χ3n) is 2.63. The Labute approximate surface area is 89.3 Å². The molecule has 1 fully saturated rings. The normalized spacial score (nSPS) is 21.1. The fraction of sp³-hybridized carbons (Fsp3) is 0.455. The Kier molecular flexibility index (Phi) is 2.84. The molecule has 0 unspecified atom stereocenters. The van der Waals surface area contributed by atoms with E-state index in [2.05, 4.69) is 9.88 Å². The zero-order valence-corrected chi connectivity index (χ0v) is 8.56. The molecule has 2 N–H and O–H groups in total. The summed E-state index contributed by atoms with van der Waals surface area (Å²) < 4.78 is 0. The number of anilines is 1. The summed E-state index contributed by atoms with van der Waals surface area (Å²) in [6.07, 6.45) is 2.17. The van der Waals surface area contributed by atoms with Gasteiger partial charge in [-0.05, 0) is 25.0 Å². The minimum Gasteiger partial charge on any atom is -0.355 e. The van der Waals surface area contributed by atoms with Crippen molar-refractivity contribution in [2.45, 2.75) is 18.9 Å². The van der Waals surface area contributed by atoms with Gasteiger partial charge in [0.15, 0.2) is 0 Å². The van der Waals surface area contributed by atoms with Crippen molar-refractivity contribution in [1.82, 2.24) is 4.98 Å². The molecule has 4 heteroatoms. The summed E-state index contributed by atoms with van der Waals surface area (Å²) in [5, 5.41) is 8.76. The fourth-order valence-electron chi connectivity index (χ4n) is 1.88. The molecule has 1 saturated heterocycles. The second kappa shape index (κ2) is 4.28. The molecule has 2 heterocycles. The number of nitrogens with two attached hydrogens (primary N) is 1. The Bertz CT molecular complexity index is 382. The van der Waals surface area contributed by atoms with E-state index >= 15 is 0 Å². The molecule has 4 nitrogen and oxygen atoms in total. The maximum Gasteiger partial charge on any atom is 0.142 e. The highest BCUT2D eigenvalue weighted by atomic mass is 15.2. The van der Waals surface area contributed by atoms with Crippen LogP contribution < -0.4 is 10.6 Å². The van der Waals surface area contributed by atoms with Crippen molar-refractivity contribution in [3.05, 3.63) is 23.9 Å². The van der Waals surface area contributed by atoms with E-state index in [1.54, 1.807) is 6.07 Å². The van der Waals surface area contributed by atoms with Gasteiger partial charge in [0.05, 0.1) is 0 Å². The highest BCUT2D eigenvalue weighted by Gasteiger charge is 2.17. The number of hydrogen-bond donors (Lipinski definition) is 1. The van der Waals surface area contributed by atoms with E-state index in [0.29, 0.717) is 5.69 Å². The molecule has 1 aliphatic rings. The first kappa shape index (κ1) is 9.94. The quantitative estimate of drug-likeness (QED) is 0.734. The summed E-state index contributed by atoms with van der Waals surface area (Å²) in [6, 6.07) is 7.78.